The van der Waals surface area contributed by atoms with Gasteiger partial charge < -0.3 is 14.5 Å². The summed E-state index contributed by atoms with van der Waals surface area (Å²) in [6, 6.07) is 6.08. The molecule has 1 amide bonds. The Morgan fingerprint density at radius 1 is 1.27 bits per heavy atom. The largest absolute Gasteiger partial charge is 0.493 e. The van der Waals surface area contributed by atoms with Crippen LogP contribution in [0.15, 0.2) is 24.3 Å². The molecule has 0 spiro atoms. The Balaban J connectivity index is 1.67. The van der Waals surface area contributed by atoms with Crippen molar-refractivity contribution in [3.8, 4) is 5.75 Å². The van der Waals surface area contributed by atoms with E-state index >= 15 is 0 Å². The van der Waals surface area contributed by atoms with Crippen LogP contribution in [0.1, 0.15) is 26.2 Å². The second kappa shape index (κ2) is 8.73. The number of amides is 1. The standard InChI is InChI=1S/C17H25FN2O2/c1-2-19-9-5-10-20(12-11-19)17(21)8-4-13-22-16-7-3-6-15(18)14-16/h3,6-7,14H,2,4-5,8-13H2,1H3. The number of likely N-dealkylation sites (N-methyl/N-ethyl adjacent to an activating group) is 1. The van der Waals surface area contributed by atoms with E-state index < -0.39 is 0 Å². The van der Waals surface area contributed by atoms with Crippen LogP contribution in [0.2, 0.25) is 0 Å². The van der Waals surface area contributed by atoms with E-state index in [1.807, 2.05) is 4.90 Å². The van der Waals surface area contributed by atoms with Gasteiger partial charge in [0.25, 0.3) is 0 Å². The maximum absolute atomic E-state index is 13.0. The van der Waals surface area contributed by atoms with Gasteiger partial charge in [-0.1, -0.05) is 13.0 Å². The lowest BCUT2D eigenvalue weighted by Crippen LogP contribution is -2.35. The van der Waals surface area contributed by atoms with Crippen molar-refractivity contribution in [2.75, 3.05) is 39.3 Å². The van der Waals surface area contributed by atoms with Crippen molar-refractivity contribution in [2.45, 2.75) is 26.2 Å². The Labute approximate surface area is 131 Å². The van der Waals surface area contributed by atoms with Gasteiger partial charge in [0.1, 0.15) is 11.6 Å². The number of benzene rings is 1. The second-order valence-electron chi connectivity index (χ2n) is 5.58. The van der Waals surface area contributed by atoms with Crippen LogP contribution in [-0.2, 0) is 4.79 Å². The molecule has 1 saturated heterocycles. The highest BCUT2D eigenvalue weighted by molar-refractivity contribution is 5.76. The van der Waals surface area contributed by atoms with E-state index in [2.05, 4.69) is 11.8 Å². The first-order valence-electron chi connectivity index (χ1n) is 8.07. The number of halogens is 1. The molecule has 0 saturated carbocycles. The van der Waals surface area contributed by atoms with Gasteiger partial charge in [-0.25, -0.2) is 4.39 Å². The van der Waals surface area contributed by atoms with Crippen LogP contribution < -0.4 is 4.74 Å². The van der Waals surface area contributed by atoms with E-state index in [9.17, 15) is 9.18 Å². The summed E-state index contributed by atoms with van der Waals surface area (Å²) in [4.78, 5) is 16.5. The Bertz CT molecular complexity index is 481. The van der Waals surface area contributed by atoms with Crippen molar-refractivity contribution in [3.63, 3.8) is 0 Å². The van der Waals surface area contributed by atoms with Gasteiger partial charge in [0.15, 0.2) is 0 Å². The topological polar surface area (TPSA) is 32.8 Å². The van der Waals surface area contributed by atoms with Gasteiger partial charge in [0.2, 0.25) is 5.91 Å². The van der Waals surface area contributed by atoms with Gasteiger partial charge in [-0.3, -0.25) is 4.79 Å². The highest BCUT2D eigenvalue weighted by Crippen LogP contribution is 2.12. The molecule has 0 unspecified atom stereocenters. The first-order valence-corrected chi connectivity index (χ1v) is 8.07. The van der Waals surface area contributed by atoms with E-state index in [4.69, 9.17) is 4.74 Å². The molecule has 0 aliphatic carbocycles. The fraction of sp³-hybridized carbons (Fsp3) is 0.588. The molecular weight excluding hydrogens is 283 g/mol. The van der Waals surface area contributed by atoms with Crippen molar-refractivity contribution in [1.82, 2.24) is 9.80 Å². The second-order valence-corrected chi connectivity index (χ2v) is 5.58. The fourth-order valence-electron chi connectivity index (χ4n) is 2.66. The Morgan fingerprint density at radius 2 is 2.14 bits per heavy atom. The minimum absolute atomic E-state index is 0.195. The first kappa shape index (κ1) is 16.7. The zero-order valence-corrected chi connectivity index (χ0v) is 13.3. The average Bonchev–Trinajstić information content (AvgIpc) is 2.77. The van der Waals surface area contributed by atoms with Crippen LogP contribution in [0.25, 0.3) is 0 Å². The van der Waals surface area contributed by atoms with Gasteiger partial charge in [-0.2, -0.15) is 0 Å². The van der Waals surface area contributed by atoms with Crippen LogP contribution in [-0.4, -0.2) is 55.0 Å². The van der Waals surface area contributed by atoms with E-state index in [1.165, 1.54) is 12.1 Å². The minimum Gasteiger partial charge on any atom is -0.493 e. The molecule has 0 N–H and O–H groups in total. The van der Waals surface area contributed by atoms with Crippen molar-refractivity contribution in [1.29, 1.82) is 0 Å². The molecule has 1 aromatic rings. The third-order valence-corrected chi connectivity index (χ3v) is 3.99. The predicted octanol–water partition coefficient (Wildman–Crippen LogP) is 2.54. The first-order chi connectivity index (χ1) is 10.7. The summed E-state index contributed by atoms with van der Waals surface area (Å²) < 4.78 is 18.5. The van der Waals surface area contributed by atoms with E-state index in [0.29, 0.717) is 25.2 Å². The number of hydrogen-bond donors (Lipinski definition) is 0. The maximum atomic E-state index is 13.0. The number of hydrogen-bond acceptors (Lipinski definition) is 3. The van der Waals surface area contributed by atoms with Crippen molar-refractivity contribution >= 4 is 5.91 Å². The molecule has 1 aliphatic heterocycles. The summed E-state index contributed by atoms with van der Waals surface area (Å²) in [5.74, 6) is 0.403. The molecule has 0 bridgehead atoms. The van der Waals surface area contributed by atoms with Crippen LogP contribution in [0.4, 0.5) is 4.39 Å². The summed E-state index contributed by atoms with van der Waals surface area (Å²) in [6.07, 6.45) is 2.18. The SMILES string of the molecule is CCN1CCCN(C(=O)CCCOc2cccc(F)c2)CC1. The van der Waals surface area contributed by atoms with Gasteiger partial charge >= 0.3 is 0 Å². The summed E-state index contributed by atoms with van der Waals surface area (Å²) in [7, 11) is 0. The van der Waals surface area contributed by atoms with Crippen molar-refractivity contribution < 1.29 is 13.9 Å². The van der Waals surface area contributed by atoms with Crippen LogP contribution >= 0.6 is 0 Å². The normalized spacial score (nSPS) is 16.4. The lowest BCUT2D eigenvalue weighted by molar-refractivity contribution is -0.131. The molecular formula is C17H25FN2O2. The Morgan fingerprint density at radius 3 is 2.91 bits per heavy atom. The number of carbonyl (C=O) groups is 1. The summed E-state index contributed by atoms with van der Waals surface area (Å²) in [5, 5.41) is 0. The lowest BCUT2D eigenvalue weighted by atomic mass is 10.2. The summed E-state index contributed by atoms with van der Waals surface area (Å²) in [6.45, 7) is 7.33. The molecule has 0 atom stereocenters. The maximum Gasteiger partial charge on any atom is 0.222 e. The van der Waals surface area contributed by atoms with Crippen LogP contribution in [0, 0.1) is 5.82 Å². The molecule has 1 aliphatic rings. The van der Waals surface area contributed by atoms with Crippen LogP contribution in [0.3, 0.4) is 0 Å². The number of nitrogens with zero attached hydrogens (tertiary/aromatic N) is 2. The monoisotopic (exact) mass is 308 g/mol. The molecule has 0 radical (unpaired) electrons. The molecule has 5 heteroatoms. The fourth-order valence-corrected chi connectivity index (χ4v) is 2.66. The molecule has 1 fully saturated rings. The van der Waals surface area contributed by atoms with Gasteiger partial charge in [0, 0.05) is 32.1 Å². The third kappa shape index (κ3) is 5.30. The summed E-state index contributed by atoms with van der Waals surface area (Å²) in [5.41, 5.74) is 0. The Hall–Kier alpha value is -1.62. The number of rotatable bonds is 6. The van der Waals surface area contributed by atoms with E-state index in [0.717, 1.165) is 39.1 Å². The predicted molar refractivity (Wildman–Crippen MR) is 84.4 cm³/mol. The highest BCUT2D eigenvalue weighted by Gasteiger charge is 2.17. The molecule has 4 nitrogen and oxygen atoms in total. The molecule has 1 heterocycles. The van der Waals surface area contributed by atoms with E-state index in [1.54, 1.807) is 12.1 Å². The zero-order valence-electron chi connectivity index (χ0n) is 13.3. The summed E-state index contributed by atoms with van der Waals surface area (Å²) >= 11 is 0. The van der Waals surface area contributed by atoms with Gasteiger partial charge in [-0.05, 0) is 38.1 Å². The number of ether oxygens (including phenoxy) is 1. The molecule has 2 rings (SSSR count). The van der Waals surface area contributed by atoms with Gasteiger partial charge in [0.05, 0.1) is 6.61 Å². The smallest absolute Gasteiger partial charge is 0.222 e. The van der Waals surface area contributed by atoms with E-state index in [-0.39, 0.29) is 11.7 Å². The van der Waals surface area contributed by atoms with Crippen LogP contribution in [0.5, 0.6) is 5.75 Å². The lowest BCUT2D eigenvalue weighted by Gasteiger charge is -2.21. The quantitative estimate of drug-likeness (QED) is 0.757. The minimum atomic E-state index is -0.307. The van der Waals surface area contributed by atoms with Crippen molar-refractivity contribution in [3.05, 3.63) is 30.1 Å². The average molecular weight is 308 g/mol. The molecule has 122 valence electrons. The molecule has 1 aromatic carbocycles. The highest BCUT2D eigenvalue weighted by atomic mass is 19.1. The Kier molecular flexibility index (Phi) is 6.65. The molecule has 0 aromatic heterocycles. The molecule has 22 heavy (non-hydrogen) atoms. The van der Waals surface area contributed by atoms with Crippen molar-refractivity contribution in [2.24, 2.45) is 0 Å². The zero-order chi connectivity index (χ0) is 15.8. The number of carbonyl (C=O) groups excluding carboxylic acids is 1. The third-order valence-electron chi connectivity index (χ3n) is 3.99. The van der Waals surface area contributed by atoms with Gasteiger partial charge in [-0.15, -0.1) is 0 Å².